The number of aromatic hydroxyl groups is 1. The van der Waals surface area contributed by atoms with E-state index in [4.69, 9.17) is 22.9 Å². The van der Waals surface area contributed by atoms with E-state index in [9.17, 15) is 18.1 Å². The number of hydrogen-bond acceptors (Lipinski definition) is 13. The number of aromatic nitrogens is 3. The van der Waals surface area contributed by atoms with Gasteiger partial charge < -0.3 is 21.5 Å². The fourth-order valence-corrected chi connectivity index (χ4v) is 4.45. The third-order valence-electron chi connectivity index (χ3n) is 5.67. The Morgan fingerprint density at radius 3 is 2.17 bits per heavy atom. The van der Waals surface area contributed by atoms with Crippen molar-refractivity contribution in [3.63, 3.8) is 0 Å². The quantitative estimate of drug-likeness (QED) is 0.0630. The predicted octanol–water partition coefficient (Wildman–Crippen LogP) is 6.78. The van der Waals surface area contributed by atoms with Crippen LogP contribution >= 0.6 is 11.6 Å². The highest BCUT2D eigenvalue weighted by Gasteiger charge is 2.13. The highest BCUT2D eigenvalue weighted by Crippen LogP contribution is 2.42. The van der Waals surface area contributed by atoms with Crippen molar-refractivity contribution in [2.45, 2.75) is 4.90 Å². The molecular weight excluding hydrogens is 572 g/mol. The Balaban J connectivity index is 1.32. The second kappa shape index (κ2) is 11.1. The SMILES string of the molecule is N=Nc1ccc2ccc(N=Nc3ccc(Nc4nc(Cl)nc(Nc5cccc(S(=O)(=O)O)c5)n4)cc3)c(N)c2c1O. The second-order valence-corrected chi connectivity index (χ2v) is 10.2. The normalized spacial score (nSPS) is 11.6. The lowest BCUT2D eigenvalue weighted by Gasteiger charge is -2.09. The van der Waals surface area contributed by atoms with Crippen LogP contribution in [0.4, 0.5) is 46.0 Å². The molecule has 41 heavy (non-hydrogen) atoms. The minimum Gasteiger partial charge on any atom is -0.505 e. The fraction of sp³-hybridized carbons (Fsp3) is 0. The van der Waals surface area contributed by atoms with Gasteiger partial charge in [-0.05, 0) is 71.6 Å². The molecule has 206 valence electrons. The molecule has 7 N–H and O–H groups in total. The number of halogens is 1. The van der Waals surface area contributed by atoms with Crippen LogP contribution in [0.1, 0.15) is 0 Å². The number of rotatable bonds is 8. The summed E-state index contributed by atoms with van der Waals surface area (Å²) >= 11 is 6.04. The van der Waals surface area contributed by atoms with Crippen LogP contribution < -0.4 is 16.4 Å². The molecule has 5 rings (SSSR count). The van der Waals surface area contributed by atoms with E-state index in [2.05, 4.69) is 40.9 Å². The molecule has 0 bridgehead atoms. The van der Waals surface area contributed by atoms with Gasteiger partial charge in [0, 0.05) is 11.4 Å². The van der Waals surface area contributed by atoms with E-state index in [1.807, 2.05) is 0 Å². The molecule has 0 aliphatic rings. The summed E-state index contributed by atoms with van der Waals surface area (Å²) in [6, 6.07) is 18.8. The van der Waals surface area contributed by atoms with Crippen molar-refractivity contribution < 1.29 is 18.1 Å². The number of azo groups is 1. The summed E-state index contributed by atoms with van der Waals surface area (Å²) in [6.07, 6.45) is 0. The van der Waals surface area contributed by atoms with E-state index in [0.29, 0.717) is 33.5 Å². The molecule has 16 heteroatoms. The first-order chi connectivity index (χ1) is 19.6. The van der Waals surface area contributed by atoms with E-state index < -0.39 is 10.1 Å². The first kappa shape index (κ1) is 27.3. The van der Waals surface area contributed by atoms with Crippen LogP contribution in [0.5, 0.6) is 5.75 Å². The number of benzene rings is 4. The smallest absolute Gasteiger partial charge is 0.294 e. The number of hydrogen-bond donors (Lipinski definition) is 6. The summed E-state index contributed by atoms with van der Waals surface area (Å²) in [5, 5.41) is 28.8. The molecule has 0 radical (unpaired) electrons. The molecule has 0 saturated carbocycles. The van der Waals surface area contributed by atoms with Crippen molar-refractivity contribution >= 4 is 78.5 Å². The maximum atomic E-state index is 11.4. The summed E-state index contributed by atoms with van der Waals surface area (Å²) in [5.74, 6) is -0.0610. The number of nitrogens with two attached hydrogens (primary N) is 1. The van der Waals surface area contributed by atoms with Crippen molar-refractivity contribution in [2.75, 3.05) is 16.4 Å². The van der Waals surface area contributed by atoms with Crippen molar-refractivity contribution in [1.82, 2.24) is 15.0 Å². The van der Waals surface area contributed by atoms with E-state index in [1.54, 1.807) is 48.5 Å². The minimum absolute atomic E-state index is 0.0351. The lowest BCUT2D eigenvalue weighted by atomic mass is 10.1. The lowest BCUT2D eigenvalue weighted by molar-refractivity contribution is 0.482. The predicted molar refractivity (Wildman–Crippen MR) is 153 cm³/mol. The first-order valence-electron chi connectivity index (χ1n) is 11.6. The van der Waals surface area contributed by atoms with Gasteiger partial charge in [0.1, 0.15) is 11.4 Å². The summed E-state index contributed by atoms with van der Waals surface area (Å²) < 4.78 is 32.1. The Hall–Kier alpha value is -5.25. The molecule has 14 nitrogen and oxygen atoms in total. The summed E-state index contributed by atoms with van der Waals surface area (Å²) in [4.78, 5) is 12.0. The number of fused-ring (bicyclic) bond motifs is 1. The maximum absolute atomic E-state index is 11.4. The van der Waals surface area contributed by atoms with Gasteiger partial charge in [0.05, 0.1) is 21.7 Å². The molecular formula is C25H19ClN10O4S. The zero-order chi connectivity index (χ0) is 29.1. The molecule has 0 aliphatic carbocycles. The summed E-state index contributed by atoms with van der Waals surface area (Å²) in [7, 11) is -4.39. The third-order valence-corrected chi connectivity index (χ3v) is 6.69. The first-order valence-corrected chi connectivity index (χ1v) is 13.4. The third kappa shape index (κ3) is 6.17. The molecule has 0 atom stereocenters. The Bertz CT molecular complexity index is 1940. The number of nitrogens with zero attached hydrogens (tertiary/aromatic N) is 6. The van der Waals surface area contributed by atoms with Crippen LogP contribution in [0.2, 0.25) is 5.28 Å². The van der Waals surface area contributed by atoms with Gasteiger partial charge in [0.15, 0.2) is 5.75 Å². The minimum atomic E-state index is -4.39. The largest absolute Gasteiger partial charge is 0.505 e. The average Bonchev–Trinajstić information content (AvgIpc) is 2.93. The van der Waals surface area contributed by atoms with Gasteiger partial charge in [-0.1, -0.05) is 18.2 Å². The molecule has 0 fully saturated rings. The van der Waals surface area contributed by atoms with Crippen LogP contribution in [0.25, 0.3) is 10.8 Å². The van der Waals surface area contributed by atoms with Crippen LogP contribution in [0, 0.1) is 5.53 Å². The monoisotopic (exact) mass is 590 g/mol. The number of nitrogens with one attached hydrogen (secondary N) is 3. The Morgan fingerprint density at radius 2 is 1.51 bits per heavy atom. The van der Waals surface area contributed by atoms with Gasteiger partial charge in [-0.25, -0.2) is 5.53 Å². The lowest BCUT2D eigenvalue weighted by Crippen LogP contribution is -2.05. The summed E-state index contributed by atoms with van der Waals surface area (Å²) in [6.45, 7) is 0. The van der Waals surface area contributed by atoms with Crippen molar-refractivity contribution in [3.8, 4) is 5.75 Å². The number of phenolic OH excluding ortho intramolecular Hbond substituents is 1. The Labute approximate surface area is 237 Å². The number of phenols is 1. The van der Waals surface area contributed by atoms with Gasteiger partial charge >= 0.3 is 0 Å². The van der Waals surface area contributed by atoms with Gasteiger partial charge in [0.2, 0.25) is 17.2 Å². The van der Waals surface area contributed by atoms with Crippen LogP contribution in [0.15, 0.2) is 93.0 Å². The van der Waals surface area contributed by atoms with E-state index in [1.165, 1.54) is 24.3 Å². The zero-order valence-corrected chi connectivity index (χ0v) is 22.3. The fourth-order valence-electron chi connectivity index (χ4n) is 3.76. The van der Waals surface area contributed by atoms with Crippen LogP contribution in [-0.2, 0) is 10.1 Å². The van der Waals surface area contributed by atoms with Crippen LogP contribution in [-0.4, -0.2) is 33.0 Å². The topological polar surface area (TPSA) is 224 Å². The molecule has 0 amide bonds. The molecule has 0 spiro atoms. The maximum Gasteiger partial charge on any atom is 0.294 e. The molecule has 1 aromatic heterocycles. The average molecular weight is 591 g/mol. The van der Waals surface area contributed by atoms with Crippen LogP contribution in [0.3, 0.4) is 0 Å². The van der Waals surface area contributed by atoms with Gasteiger partial charge in [-0.3, -0.25) is 4.55 Å². The standard InChI is InChI=1S/C25H19ClN10O4S/c26-23-31-24(33-25(32-23)30-16-2-1-3-17(12-16)41(38,39)40)29-14-6-8-15(9-7-14)35-36-18-10-4-13-5-11-19(34-28)22(37)20(13)21(18)27/h1-12,28,37H,27H2,(H,38,39,40)(H2,29,30,31,32,33). The Morgan fingerprint density at radius 1 is 0.854 bits per heavy atom. The van der Waals surface area contributed by atoms with Crippen molar-refractivity contribution in [1.29, 1.82) is 5.53 Å². The van der Waals surface area contributed by atoms with Gasteiger partial charge in [0.25, 0.3) is 10.1 Å². The van der Waals surface area contributed by atoms with E-state index in [0.717, 1.165) is 0 Å². The zero-order valence-electron chi connectivity index (χ0n) is 20.7. The number of nitrogen functional groups attached to an aromatic ring is 1. The molecule has 1 heterocycles. The molecule has 0 unspecified atom stereocenters. The highest BCUT2D eigenvalue weighted by atomic mass is 35.5. The highest BCUT2D eigenvalue weighted by molar-refractivity contribution is 7.85. The molecule has 0 aliphatic heterocycles. The second-order valence-electron chi connectivity index (χ2n) is 8.39. The van der Waals surface area contributed by atoms with E-state index >= 15 is 0 Å². The molecule has 4 aromatic carbocycles. The van der Waals surface area contributed by atoms with Crippen molar-refractivity contribution in [2.24, 2.45) is 15.3 Å². The van der Waals surface area contributed by atoms with E-state index in [-0.39, 0.29) is 39.2 Å². The molecule has 0 saturated heterocycles. The van der Waals surface area contributed by atoms with Gasteiger partial charge in [-0.15, -0.1) is 5.11 Å². The summed E-state index contributed by atoms with van der Waals surface area (Å²) in [5.41, 5.74) is 15.4. The molecule has 5 aromatic rings. The number of anilines is 5. The Kier molecular flexibility index (Phi) is 7.39. The van der Waals surface area contributed by atoms with Gasteiger partial charge in [-0.2, -0.15) is 33.6 Å². The van der Waals surface area contributed by atoms with Crippen molar-refractivity contribution in [3.05, 3.63) is 78.1 Å².